The number of aromatic nitrogens is 2. The Morgan fingerprint density at radius 1 is 1.09 bits per heavy atom. The monoisotopic (exact) mass is 708 g/mol. The number of piperidine rings is 1. The summed E-state index contributed by atoms with van der Waals surface area (Å²) in [4.78, 5) is 35.2. The van der Waals surface area contributed by atoms with E-state index in [9.17, 15) is 20.0 Å². The zero-order valence-electron chi connectivity index (χ0n) is 25.7. The molecule has 3 fully saturated rings. The van der Waals surface area contributed by atoms with E-state index in [1.54, 1.807) is 6.92 Å². The molecule has 1 saturated carbocycles. The number of nitrogens with one attached hydrogen (secondary N) is 1. The molecule has 0 atom stereocenters. The first kappa shape index (κ1) is 33.2. The van der Waals surface area contributed by atoms with Crippen molar-refractivity contribution < 1.29 is 23.7 Å². The minimum absolute atomic E-state index is 0.0986. The number of ether oxygens (including phenoxy) is 1. The van der Waals surface area contributed by atoms with E-state index >= 15 is 0 Å². The first-order valence-electron chi connectivity index (χ1n) is 15.9. The van der Waals surface area contributed by atoms with Gasteiger partial charge in [-0.1, -0.05) is 41.0 Å². The van der Waals surface area contributed by atoms with E-state index in [0.29, 0.717) is 79.3 Å². The average Bonchev–Trinajstić information content (AvgIpc) is 3.68. The van der Waals surface area contributed by atoms with E-state index in [-0.39, 0.29) is 39.0 Å². The van der Waals surface area contributed by atoms with Crippen LogP contribution in [0.15, 0.2) is 23.7 Å². The van der Waals surface area contributed by atoms with Crippen LogP contribution in [0.2, 0.25) is 10.0 Å². The largest absolute Gasteiger partial charge is 0.711 e. The smallest absolute Gasteiger partial charge is 0.309 e. The number of pyridine rings is 1. The predicted octanol–water partition coefficient (Wildman–Crippen LogP) is 6.31. The van der Waals surface area contributed by atoms with Gasteiger partial charge in [0.05, 0.1) is 73.3 Å². The summed E-state index contributed by atoms with van der Waals surface area (Å²) in [6.07, 6.45) is 7.80. The third-order valence-corrected chi connectivity index (χ3v) is 11.9. The predicted molar refractivity (Wildman–Crippen MR) is 183 cm³/mol. The Labute approximate surface area is 286 Å². The van der Waals surface area contributed by atoms with E-state index in [2.05, 4.69) is 10.2 Å². The van der Waals surface area contributed by atoms with Crippen LogP contribution in [-0.4, -0.2) is 73.4 Å². The van der Waals surface area contributed by atoms with Crippen molar-refractivity contribution >= 4 is 73.7 Å². The second-order valence-corrected chi connectivity index (χ2v) is 14.9. The number of amides is 1. The number of halogens is 2. The Balaban J connectivity index is 1.17. The number of esters is 1. The SMILES string of the molecule is CCOC(=O)C1CCN(c2c(Cl)cc(C(=O)Nc3nc(-c4cc(Cl)cs4)c(N4CC[N+]([O-])(C5CCCCC5)CC4)s3)c[n+]2[O-])CC1. The van der Waals surface area contributed by atoms with Crippen LogP contribution in [0.1, 0.15) is 62.2 Å². The third-order valence-electron chi connectivity index (χ3n) is 9.29. The van der Waals surface area contributed by atoms with Gasteiger partial charge in [0, 0.05) is 5.38 Å². The summed E-state index contributed by atoms with van der Waals surface area (Å²) in [5.41, 5.74) is 0.806. The van der Waals surface area contributed by atoms with Crippen molar-refractivity contribution in [2.24, 2.45) is 5.92 Å². The van der Waals surface area contributed by atoms with E-state index in [4.69, 9.17) is 32.9 Å². The summed E-state index contributed by atoms with van der Waals surface area (Å²) in [6, 6.07) is 3.51. The van der Waals surface area contributed by atoms with Gasteiger partial charge >= 0.3 is 5.97 Å². The average molecular weight is 710 g/mol. The number of hydrogen-bond donors (Lipinski definition) is 1. The number of thiazole rings is 1. The Morgan fingerprint density at radius 2 is 1.80 bits per heavy atom. The molecule has 0 aromatic carbocycles. The molecule has 248 valence electrons. The van der Waals surface area contributed by atoms with Crippen LogP contribution >= 0.6 is 45.9 Å². The fraction of sp³-hybridized carbons (Fsp3) is 0.548. The standard InChI is InChI=1S/C31H38Cl2N6O5S2/c1-2-44-30(41)20-8-10-36(11-9-20)28-24(33)16-21(18-38(28)42)27(40)35-31-34-26(25-17-22(32)19-45-25)29(46-31)37-12-14-39(43,15-13-37)23-6-4-3-5-7-23/h16-20,23H,2-15H2,1H3,(H,34,35,40). The summed E-state index contributed by atoms with van der Waals surface area (Å²) >= 11 is 15.6. The molecule has 1 aliphatic carbocycles. The summed E-state index contributed by atoms with van der Waals surface area (Å²) in [5, 5.41) is 33.6. The number of hydroxylamine groups is 3. The molecule has 0 radical (unpaired) electrons. The maximum atomic E-state index is 13.7. The first-order chi connectivity index (χ1) is 22.1. The van der Waals surface area contributed by atoms with Gasteiger partial charge in [0.25, 0.3) is 11.7 Å². The van der Waals surface area contributed by atoms with Crippen LogP contribution in [-0.2, 0) is 9.53 Å². The number of thiophene rings is 1. The van der Waals surface area contributed by atoms with Crippen LogP contribution in [0, 0.1) is 16.3 Å². The molecule has 1 amide bonds. The highest BCUT2D eigenvalue weighted by molar-refractivity contribution is 7.21. The van der Waals surface area contributed by atoms with Gasteiger partial charge in [-0.15, -0.1) is 11.3 Å². The van der Waals surface area contributed by atoms with Crippen LogP contribution in [0.4, 0.5) is 16.0 Å². The van der Waals surface area contributed by atoms with Crippen molar-refractivity contribution in [2.75, 3.05) is 61.0 Å². The number of carbonyl (C=O) groups is 2. The zero-order chi connectivity index (χ0) is 32.4. The molecule has 2 aliphatic heterocycles. The third kappa shape index (κ3) is 7.09. The minimum Gasteiger partial charge on any atom is -0.711 e. The fourth-order valence-corrected chi connectivity index (χ4v) is 9.28. The molecule has 46 heavy (non-hydrogen) atoms. The summed E-state index contributed by atoms with van der Waals surface area (Å²) in [5.74, 6) is -0.688. The molecule has 5 heterocycles. The van der Waals surface area contributed by atoms with Gasteiger partial charge < -0.3 is 24.7 Å². The summed E-state index contributed by atoms with van der Waals surface area (Å²) in [7, 11) is 0. The van der Waals surface area contributed by atoms with E-state index in [1.807, 2.05) is 16.3 Å². The van der Waals surface area contributed by atoms with Gasteiger partial charge in [-0.05, 0) is 57.6 Å². The van der Waals surface area contributed by atoms with Crippen molar-refractivity contribution in [2.45, 2.75) is 57.9 Å². The Hall–Kier alpha value is -2.68. The van der Waals surface area contributed by atoms with Crippen molar-refractivity contribution in [1.82, 2.24) is 4.98 Å². The van der Waals surface area contributed by atoms with Crippen LogP contribution in [0.3, 0.4) is 0 Å². The second kappa shape index (κ2) is 14.2. The lowest BCUT2D eigenvalue weighted by atomic mass is 9.93. The molecule has 2 saturated heterocycles. The van der Waals surface area contributed by atoms with E-state index in [1.165, 1.54) is 41.4 Å². The number of carbonyl (C=O) groups excluding carboxylic acids is 2. The van der Waals surface area contributed by atoms with Crippen molar-refractivity contribution in [3.63, 3.8) is 0 Å². The van der Waals surface area contributed by atoms with Gasteiger partial charge in [-0.3, -0.25) is 19.8 Å². The molecule has 1 N–H and O–H groups in total. The molecule has 3 aromatic rings. The second-order valence-electron chi connectivity index (χ2n) is 12.2. The van der Waals surface area contributed by atoms with Crippen molar-refractivity contribution in [1.29, 1.82) is 0 Å². The Bertz CT molecular complexity index is 1540. The van der Waals surface area contributed by atoms with Gasteiger partial charge in [-0.2, -0.15) is 0 Å². The molecule has 3 aromatic heterocycles. The molecule has 3 aliphatic rings. The molecule has 15 heteroatoms. The highest BCUT2D eigenvalue weighted by atomic mass is 35.5. The van der Waals surface area contributed by atoms with Crippen molar-refractivity contribution in [3.8, 4) is 10.6 Å². The maximum absolute atomic E-state index is 13.7. The van der Waals surface area contributed by atoms with Gasteiger partial charge in [0.1, 0.15) is 21.9 Å². The lowest BCUT2D eigenvalue weighted by Crippen LogP contribution is -2.61. The van der Waals surface area contributed by atoms with Crippen molar-refractivity contribution in [3.05, 3.63) is 49.7 Å². The molecule has 11 nitrogen and oxygen atoms in total. The number of piperazine rings is 1. The molecular formula is C31H38Cl2N6O5S2. The number of nitrogens with zero attached hydrogens (tertiary/aromatic N) is 5. The highest BCUT2D eigenvalue weighted by Gasteiger charge is 2.36. The summed E-state index contributed by atoms with van der Waals surface area (Å²) in [6.45, 7) is 5.29. The normalized spacial score (nSPS) is 19.3. The van der Waals surface area contributed by atoms with E-state index in [0.717, 1.165) is 35.6 Å². The van der Waals surface area contributed by atoms with E-state index < -0.39 is 5.91 Å². The lowest BCUT2D eigenvalue weighted by Gasteiger charge is -2.54. The zero-order valence-corrected chi connectivity index (χ0v) is 28.9. The lowest BCUT2D eigenvalue weighted by molar-refractivity contribution is -0.907. The molecular weight excluding hydrogens is 671 g/mol. The molecule has 0 unspecified atom stereocenters. The van der Waals surface area contributed by atoms with Crippen LogP contribution in [0.5, 0.6) is 0 Å². The van der Waals surface area contributed by atoms with Gasteiger partial charge in [-0.25, -0.2) is 9.71 Å². The summed E-state index contributed by atoms with van der Waals surface area (Å²) < 4.78 is 5.62. The van der Waals surface area contributed by atoms with Crippen LogP contribution < -0.4 is 19.8 Å². The Morgan fingerprint density at radius 3 is 2.43 bits per heavy atom. The Kier molecular flexibility index (Phi) is 10.3. The number of anilines is 3. The number of hydrogen-bond acceptors (Lipinski definition) is 10. The molecule has 6 rings (SSSR count). The van der Waals surface area contributed by atoms with Crippen LogP contribution in [0.25, 0.3) is 10.6 Å². The first-order valence-corrected chi connectivity index (χ1v) is 18.3. The van der Waals surface area contributed by atoms with Gasteiger partial charge in [0.2, 0.25) is 0 Å². The fourth-order valence-electron chi connectivity index (χ4n) is 6.80. The number of rotatable bonds is 8. The molecule has 0 spiro atoms. The topological polar surface area (TPSA) is 125 Å². The molecule has 0 bridgehead atoms. The van der Waals surface area contributed by atoms with Gasteiger partial charge in [0.15, 0.2) is 5.13 Å². The minimum atomic E-state index is -0.513. The number of quaternary nitrogens is 1. The highest BCUT2D eigenvalue weighted by Crippen LogP contribution is 2.43. The maximum Gasteiger partial charge on any atom is 0.309 e. The quantitative estimate of drug-likeness (QED) is 0.125.